The van der Waals surface area contributed by atoms with Crippen LogP contribution >= 0.6 is 12.4 Å². The van der Waals surface area contributed by atoms with Gasteiger partial charge in [-0.1, -0.05) is 6.07 Å². The van der Waals surface area contributed by atoms with E-state index < -0.39 is 41.8 Å². The molecule has 10 heteroatoms. The van der Waals surface area contributed by atoms with E-state index in [1.165, 1.54) is 4.90 Å². The minimum absolute atomic E-state index is 0. The summed E-state index contributed by atoms with van der Waals surface area (Å²) in [5.74, 6) is 0. The minimum Gasteiger partial charge on any atom is -0.314 e. The molecule has 1 heterocycles. The largest absolute Gasteiger partial charge is 0.416 e. The lowest BCUT2D eigenvalue weighted by atomic mass is 9.96. The fraction of sp³-hybridized carbons (Fsp3) is 0.571. The molecule has 0 radical (unpaired) electrons. The van der Waals surface area contributed by atoms with Crippen molar-refractivity contribution < 1.29 is 30.7 Å². The van der Waals surface area contributed by atoms with Gasteiger partial charge in [0.2, 0.25) is 0 Å². The number of hydrogen-bond acceptors (Lipinski definition) is 2. The number of nitrogens with one attached hydrogen (secondary N) is 1. The van der Waals surface area contributed by atoms with Crippen molar-refractivity contribution in [2.45, 2.75) is 18.4 Å². The summed E-state index contributed by atoms with van der Waals surface area (Å²) in [5.41, 5.74) is -3.30. The predicted octanol–water partition coefficient (Wildman–Crippen LogP) is 4.06. The molecule has 1 aliphatic heterocycles. The molecule has 0 saturated carbocycles. The van der Waals surface area contributed by atoms with Gasteiger partial charge in [-0.05, 0) is 17.7 Å². The van der Waals surface area contributed by atoms with E-state index in [9.17, 15) is 30.7 Å². The van der Waals surface area contributed by atoms with Gasteiger partial charge >= 0.3 is 12.4 Å². The van der Waals surface area contributed by atoms with Crippen molar-refractivity contribution in [1.82, 2.24) is 10.2 Å². The summed E-state index contributed by atoms with van der Waals surface area (Å²) < 4.78 is 90.9. The Morgan fingerprint density at radius 3 is 2.04 bits per heavy atom. The maximum atomic E-state index is 13.4. The van der Waals surface area contributed by atoms with Gasteiger partial charge in [-0.2, -0.15) is 26.3 Å². The summed E-state index contributed by atoms with van der Waals surface area (Å²) in [4.78, 5) is 1.51. The van der Waals surface area contributed by atoms with Gasteiger partial charge in [-0.3, -0.25) is 4.90 Å². The maximum absolute atomic E-state index is 13.4. The highest BCUT2D eigenvalue weighted by Crippen LogP contribution is 2.40. The normalized spacial score (nSPS) is 18.1. The average molecular weight is 381 g/mol. The average Bonchev–Trinajstić information content (AvgIpc) is 2.47. The minimum atomic E-state index is -4.99. The number of rotatable bonds is 3. The zero-order valence-electron chi connectivity index (χ0n) is 12.3. The number of nitrogens with zero attached hydrogens (tertiary/aromatic N) is 1. The van der Waals surface area contributed by atoms with E-state index in [0.717, 1.165) is 6.07 Å². The second-order valence-corrected chi connectivity index (χ2v) is 5.25. The van der Waals surface area contributed by atoms with Crippen LogP contribution in [-0.2, 0) is 12.4 Å². The highest BCUT2D eigenvalue weighted by atomic mass is 35.5. The first-order valence-electron chi connectivity index (χ1n) is 6.93. The Balaban J connectivity index is 0.00000288. The van der Waals surface area contributed by atoms with Crippen LogP contribution in [0.15, 0.2) is 18.2 Å². The second kappa shape index (κ2) is 7.88. The fourth-order valence-electron chi connectivity index (χ4n) is 2.64. The standard InChI is InChI=1S/C14H15F7N2.ClH/c15-8-12(23-5-3-22-4-6-23)10-2-1-9(13(16,17)18)7-11(10)14(19,20)21;/h1-2,7,12,22H,3-6,8H2;1H/t12-;/m0./s1. The molecule has 2 nitrogen and oxygen atoms in total. The maximum Gasteiger partial charge on any atom is 0.416 e. The molecule has 138 valence electrons. The summed E-state index contributed by atoms with van der Waals surface area (Å²) in [6.45, 7) is 0.519. The molecule has 0 unspecified atom stereocenters. The summed E-state index contributed by atoms with van der Waals surface area (Å²) in [5, 5.41) is 2.98. The Kier molecular flexibility index (Phi) is 6.89. The number of piperazine rings is 1. The van der Waals surface area contributed by atoms with E-state index >= 15 is 0 Å². The second-order valence-electron chi connectivity index (χ2n) is 5.25. The highest BCUT2D eigenvalue weighted by molar-refractivity contribution is 5.85. The van der Waals surface area contributed by atoms with Crippen LogP contribution < -0.4 is 5.32 Å². The van der Waals surface area contributed by atoms with Crippen molar-refractivity contribution in [3.05, 3.63) is 34.9 Å². The molecule has 1 aromatic rings. The molecule has 1 aromatic carbocycles. The number of alkyl halides is 7. The molecule has 2 rings (SSSR count). The van der Waals surface area contributed by atoms with Gasteiger partial charge in [-0.25, -0.2) is 4.39 Å². The van der Waals surface area contributed by atoms with Gasteiger partial charge in [0.15, 0.2) is 0 Å². The zero-order chi connectivity index (χ0) is 17.3. The van der Waals surface area contributed by atoms with Crippen molar-refractivity contribution in [2.75, 3.05) is 32.9 Å². The van der Waals surface area contributed by atoms with Crippen LogP contribution in [0.3, 0.4) is 0 Å². The van der Waals surface area contributed by atoms with E-state index in [4.69, 9.17) is 0 Å². The van der Waals surface area contributed by atoms with Gasteiger partial charge in [0.25, 0.3) is 0 Å². The van der Waals surface area contributed by atoms with Crippen LogP contribution in [0.25, 0.3) is 0 Å². The lowest BCUT2D eigenvalue weighted by Gasteiger charge is -2.35. The smallest absolute Gasteiger partial charge is 0.314 e. The summed E-state index contributed by atoms with van der Waals surface area (Å²) in [6, 6.07) is 0.143. The van der Waals surface area contributed by atoms with Gasteiger partial charge < -0.3 is 5.32 Å². The highest BCUT2D eigenvalue weighted by Gasteiger charge is 2.40. The first-order valence-corrected chi connectivity index (χ1v) is 6.93. The van der Waals surface area contributed by atoms with E-state index in [2.05, 4.69) is 5.32 Å². The third kappa shape index (κ3) is 4.73. The quantitative estimate of drug-likeness (QED) is 0.796. The fourth-order valence-corrected chi connectivity index (χ4v) is 2.64. The van der Waals surface area contributed by atoms with Crippen LogP contribution in [0.5, 0.6) is 0 Å². The van der Waals surface area contributed by atoms with Crippen molar-refractivity contribution in [3.8, 4) is 0 Å². The number of hydrogen-bond donors (Lipinski definition) is 1. The molecule has 0 bridgehead atoms. The van der Waals surface area contributed by atoms with Crippen LogP contribution in [0.1, 0.15) is 22.7 Å². The lowest BCUT2D eigenvalue weighted by molar-refractivity contribution is -0.143. The third-order valence-electron chi connectivity index (χ3n) is 3.78. The molecule has 1 aliphatic rings. The number of halogens is 8. The molecule has 0 amide bonds. The SMILES string of the molecule is Cl.FC[C@@H](c1ccc(C(F)(F)F)cc1C(F)(F)F)N1CCNCC1. The van der Waals surface area contributed by atoms with Gasteiger partial charge in [0.05, 0.1) is 17.2 Å². The van der Waals surface area contributed by atoms with E-state index in [-0.39, 0.29) is 18.5 Å². The van der Waals surface area contributed by atoms with Gasteiger partial charge in [-0.15, -0.1) is 12.4 Å². The molecule has 1 fully saturated rings. The first kappa shape index (κ1) is 21.0. The lowest BCUT2D eigenvalue weighted by Crippen LogP contribution is -2.46. The van der Waals surface area contributed by atoms with Gasteiger partial charge in [0.1, 0.15) is 6.67 Å². The summed E-state index contributed by atoms with van der Waals surface area (Å²) in [6.07, 6.45) is -9.88. The van der Waals surface area contributed by atoms with Crippen molar-refractivity contribution in [3.63, 3.8) is 0 Å². The van der Waals surface area contributed by atoms with Crippen molar-refractivity contribution in [2.24, 2.45) is 0 Å². The molecule has 1 atom stereocenters. The topological polar surface area (TPSA) is 15.3 Å². The first-order chi connectivity index (χ1) is 10.6. The van der Waals surface area contributed by atoms with E-state index in [0.29, 0.717) is 32.2 Å². The summed E-state index contributed by atoms with van der Waals surface area (Å²) in [7, 11) is 0. The predicted molar refractivity (Wildman–Crippen MR) is 76.9 cm³/mol. The molecule has 1 saturated heterocycles. The van der Waals surface area contributed by atoms with Crippen molar-refractivity contribution >= 4 is 12.4 Å². The van der Waals surface area contributed by atoms with E-state index in [1.54, 1.807) is 0 Å². The Hall–Kier alpha value is -1.06. The zero-order valence-corrected chi connectivity index (χ0v) is 13.2. The monoisotopic (exact) mass is 380 g/mol. The van der Waals surface area contributed by atoms with Crippen LogP contribution in [0.4, 0.5) is 30.7 Å². The molecule has 0 aliphatic carbocycles. The molecule has 1 N–H and O–H groups in total. The van der Waals surface area contributed by atoms with Crippen LogP contribution in [0.2, 0.25) is 0 Å². The Morgan fingerprint density at radius 2 is 1.58 bits per heavy atom. The number of benzene rings is 1. The Morgan fingerprint density at radius 1 is 1.00 bits per heavy atom. The van der Waals surface area contributed by atoms with E-state index in [1.807, 2.05) is 0 Å². The molecule has 0 aromatic heterocycles. The Labute approximate surface area is 140 Å². The molecule has 24 heavy (non-hydrogen) atoms. The summed E-state index contributed by atoms with van der Waals surface area (Å²) >= 11 is 0. The van der Waals surface area contributed by atoms with Crippen molar-refractivity contribution in [1.29, 1.82) is 0 Å². The van der Waals surface area contributed by atoms with Gasteiger partial charge in [0, 0.05) is 26.2 Å². The van der Waals surface area contributed by atoms with Crippen LogP contribution in [-0.4, -0.2) is 37.8 Å². The molecule has 0 spiro atoms. The third-order valence-corrected chi connectivity index (χ3v) is 3.78. The molecular weight excluding hydrogens is 365 g/mol. The molecular formula is C14H16ClF7N2. The Bertz CT molecular complexity index is 539. The van der Waals surface area contributed by atoms with Crippen LogP contribution in [0, 0.1) is 0 Å².